The monoisotopic (exact) mass is 410 g/mol. The predicted octanol–water partition coefficient (Wildman–Crippen LogP) is 2.72. The van der Waals surface area contributed by atoms with Gasteiger partial charge in [0.1, 0.15) is 5.70 Å². The van der Waals surface area contributed by atoms with Gasteiger partial charge in [0.25, 0.3) is 11.8 Å². The van der Waals surface area contributed by atoms with Gasteiger partial charge in [0.2, 0.25) is 0 Å². The number of benzene rings is 1. The molecule has 5 nitrogen and oxygen atoms in total. The first-order chi connectivity index (χ1) is 10.7. The number of rotatable bonds is 5. The summed E-state index contributed by atoms with van der Waals surface area (Å²) in [7, 11) is 0. The maximum absolute atomic E-state index is 12.3. The molecule has 124 valence electrons. The molecule has 0 aliphatic carbocycles. The Morgan fingerprint density at radius 1 is 1.30 bits per heavy atom. The van der Waals surface area contributed by atoms with E-state index in [4.69, 9.17) is 5.11 Å². The highest BCUT2D eigenvalue weighted by Crippen LogP contribution is 2.39. The van der Waals surface area contributed by atoms with Gasteiger partial charge < -0.3 is 10.4 Å². The molecule has 0 radical (unpaired) electrons. The zero-order valence-electron chi connectivity index (χ0n) is 11.4. The number of imide groups is 1. The van der Waals surface area contributed by atoms with Crippen LogP contribution in [0, 0.1) is 0 Å². The smallest absolute Gasteiger partial charge is 0.395 e. The van der Waals surface area contributed by atoms with Crippen molar-refractivity contribution in [3.05, 3.63) is 34.4 Å². The molecule has 0 aromatic heterocycles. The second kappa shape index (κ2) is 6.93. The van der Waals surface area contributed by atoms with Gasteiger partial charge in [-0.3, -0.25) is 14.5 Å². The standard InChI is InChI=1S/C13H10BrF3N2O3S/c14-8-5-7(23-13(15,16)17)1-2-9(8)18-10-6-11(21)19(3-4-20)12(10)22/h1-2,5-6,18,20H,3-4H2. The van der Waals surface area contributed by atoms with Crippen molar-refractivity contribution in [3.63, 3.8) is 0 Å². The van der Waals surface area contributed by atoms with Gasteiger partial charge >= 0.3 is 5.51 Å². The van der Waals surface area contributed by atoms with Gasteiger partial charge in [0.05, 0.1) is 18.8 Å². The van der Waals surface area contributed by atoms with E-state index in [0.29, 0.717) is 10.2 Å². The van der Waals surface area contributed by atoms with Crippen molar-refractivity contribution in [2.45, 2.75) is 10.4 Å². The lowest BCUT2D eigenvalue weighted by Crippen LogP contribution is -2.34. The van der Waals surface area contributed by atoms with Crippen molar-refractivity contribution in [2.24, 2.45) is 0 Å². The summed E-state index contributed by atoms with van der Waals surface area (Å²) in [6, 6.07) is 3.87. The molecule has 1 aliphatic rings. The van der Waals surface area contributed by atoms with Gasteiger partial charge in [0.15, 0.2) is 0 Å². The first-order valence-electron chi connectivity index (χ1n) is 6.22. The molecule has 2 N–H and O–H groups in total. The summed E-state index contributed by atoms with van der Waals surface area (Å²) in [6.07, 6.45) is 1.07. The number of alkyl halides is 3. The van der Waals surface area contributed by atoms with Crippen molar-refractivity contribution < 1.29 is 27.9 Å². The minimum absolute atomic E-state index is 0.0135. The van der Waals surface area contributed by atoms with Crippen LogP contribution >= 0.6 is 27.7 Å². The van der Waals surface area contributed by atoms with Crippen LogP contribution < -0.4 is 5.32 Å². The summed E-state index contributed by atoms with van der Waals surface area (Å²) in [4.78, 5) is 24.4. The number of carbonyl (C=O) groups excluding carboxylic acids is 2. The number of halogens is 4. The van der Waals surface area contributed by atoms with Crippen LogP contribution in [0.3, 0.4) is 0 Å². The molecule has 0 atom stereocenters. The number of aliphatic hydroxyl groups excluding tert-OH is 1. The van der Waals surface area contributed by atoms with E-state index >= 15 is 0 Å². The van der Waals surface area contributed by atoms with Crippen LogP contribution in [0.4, 0.5) is 18.9 Å². The van der Waals surface area contributed by atoms with E-state index in [1.165, 1.54) is 18.2 Å². The summed E-state index contributed by atoms with van der Waals surface area (Å²) in [6.45, 7) is -0.479. The fourth-order valence-electron chi connectivity index (χ4n) is 1.85. The van der Waals surface area contributed by atoms with Crippen LogP contribution in [0.15, 0.2) is 39.3 Å². The summed E-state index contributed by atoms with van der Waals surface area (Å²) in [5.74, 6) is -1.17. The molecule has 0 bridgehead atoms. The summed E-state index contributed by atoms with van der Waals surface area (Å²) < 4.78 is 37.3. The molecule has 10 heteroatoms. The highest BCUT2D eigenvalue weighted by Gasteiger charge is 2.31. The Hall–Kier alpha value is -1.52. The first-order valence-corrected chi connectivity index (χ1v) is 7.83. The Labute approximate surface area is 141 Å². The molecular weight excluding hydrogens is 401 g/mol. The Morgan fingerprint density at radius 2 is 2.00 bits per heavy atom. The number of hydrogen-bond acceptors (Lipinski definition) is 5. The normalized spacial score (nSPS) is 15.2. The third-order valence-electron chi connectivity index (χ3n) is 2.78. The second-order valence-corrected chi connectivity index (χ2v) is 6.38. The molecular formula is C13H10BrF3N2O3S. The number of thioether (sulfide) groups is 1. The lowest BCUT2D eigenvalue weighted by molar-refractivity contribution is -0.137. The number of carbonyl (C=O) groups is 2. The van der Waals surface area contributed by atoms with E-state index in [1.54, 1.807) is 0 Å². The molecule has 2 rings (SSSR count). The van der Waals surface area contributed by atoms with Gasteiger partial charge in [-0.1, -0.05) is 0 Å². The first kappa shape index (κ1) is 17.8. The summed E-state index contributed by atoms with van der Waals surface area (Å²) in [5, 5.41) is 11.5. The van der Waals surface area contributed by atoms with E-state index in [1.807, 2.05) is 0 Å². The summed E-state index contributed by atoms with van der Waals surface area (Å²) >= 11 is 2.87. The molecule has 1 heterocycles. The maximum atomic E-state index is 12.3. The van der Waals surface area contributed by atoms with Gasteiger partial charge in [-0.05, 0) is 45.9 Å². The molecule has 0 saturated carbocycles. The summed E-state index contributed by atoms with van der Waals surface area (Å²) in [5.41, 5.74) is -4.06. The molecule has 0 spiro atoms. The Balaban J connectivity index is 2.14. The Kier molecular flexibility index (Phi) is 5.37. The number of anilines is 1. The average Bonchev–Trinajstić information content (AvgIpc) is 2.68. The number of hydrogen-bond donors (Lipinski definition) is 2. The number of nitrogens with zero attached hydrogens (tertiary/aromatic N) is 1. The second-order valence-electron chi connectivity index (χ2n) is 4.39. The van der Waals surface area contributed by atoms with Crippen molar-refractivity contribution in [2.75, 3.05) is 18.5 Å². The van der Waals surface area contributed by atoms with Crippen LogP contribution in [-0.2, 0) is 9.59 Å². The van der Waals surface area contributed by atoms with Crippen LogP contribution in [0.25, 0.3) is 0 Å². The van der Waals surface area contributed by atoms with Crippen LogP contribution in [0.2, 0.25) is 0 Å². The molecule has 1 aromatic carbocycles. The molecule has 0 fully saturated rings. The lowest BCUT2D eigenvalue weighted by Gasteiger charge is -2.14. The van der Waals surface area contributed by atoms with E-state index < -0.39 is 17.3 Å². The molecule has 0 unspecified atom stereocenters. The largest absolute Gasteiger partial charge is 0.446 e. The minimum Gasteiger partial charge on any atom is -0.395 e. The van der Waals surface area contributed by atoms with Gasteiger partial charge in [-0.25, -0.2) is 0 Å². The van der Waals surface area contributed by atoms with Crippen LogP contribution in [0.1, 0.15) is 0 Å². The zero-order valence-corrected chi connectivity index (χ0v) is 13.8. The average molecular weight is 411 g/mol. The fraction of sp³-hybridized carbons (Fsp3) is 0.231. The highest BCUT2D eigenvalue weighted by atomic mass is 79.9. The maximum Gasteiger partial charge on any atom is 0.446 e. The van der Waals surface area contributed by atoms with E-state index in [-0.39, 0.29) is 35.5 Å². The third-order valence-corrected chi connectivity index (χ3v) is 4.15. The topological polar surface area (TPSA) is 69.6 Å². The highest BCUT2D eigenvalue weighted by molar-refractivity contribution is 9.10. The zero-order chi connectivity index (χ0) is 17.2. The number of amides is 2. The Morgan fingerprint density at radius 3 is 2.57 bits per heavy atom. The fourth-order valence-corrected chi connectivity index (χ4v) is 3.06. The van der Waals surface area contributed by atoms with Crippen molar-refractivity contribution >= 4 is 45.2 Å². The van der Waals surface area contributed by atoms with Crippen molar-refractivity contribution in [1.82, 2.24) is 4.90 Å². The third kappa shape index (κ3) is 4.49. The van der Waals surface area contributed by atoms with Crippen molar-refractivity contribution in [1.29, 1.82) is 0 Å². The van der Waals surface area contributed by atoms with Crippen LogP contribution in [0.5, 0.6) is 0 Å². The molecule has 0 saturated heterocycles. The van der Waals surface area contributed by atoms with Gasteiger partial charge in [0, 0.05) is 15.4 Å². The molecule has 1 aliphatic heterocycles. The minimum atomic E-state index is -4.39. The van der Waals surface area contributed by atoms with Gasteiger partial charge in [-0.15, -0.1) is 0 Å². The SMILES string of the molecule is O=C1C=C(Nc2ccc(SC(F)(F)F)cc2Br)C(=O)N1CCO. The predicted molar refractivity (Wildman–Crippen MR) is 81.6 cm³/mol. The van der Waals surface area contributed by atoms with Crippen molar-refractivity contribution in [3.8, 4) is 0 Å². The van der Waals surface area contributed by atoms with E-state index in [9.17, 15) is 22.8 Å². The van der Waals surface area contributed by atoms with E-state index in [0.717, 1.165) is 11.0 Å². The molecule has 1 aromatic rings. The molecule has 2 amide bonds. The van der Waals surface area contributed by atoms with E-state index in [2.05, 4.69) is 21.2 Å². The molecule has 23 heavy (non-hydrogen) atoms. The quantitative estimate of drug-likeness (QED) is 0.576. The lowest BCUT2D eigenvalue weighted by atomic mass is 10.3. The van der Waals surface area contributed by atoms with Crippen LogP contribution in [-0.4, -0.2) is 40.5 Å². The number of nitrogens with one attached hydrogen (secondary N) is 1. The number of aliphatic hydroxyl groups is 1. The number of β-amino-alcohol motifs (C(OH)–C–C–N with tert-alkyl or cyclic N) is 1. The van der Waals surface area contributed by atoms with Gasteiger partial charge in [-0.2, -0.15) is 13.2 Å². The Bertz CT molecular complexity index is 679.